The second kappa shape index (κ2) is 10.5. The first-order chi connectivity index (χ1) is 17.1. The summed E-state index contributed by atoms with van der Waals surface area (Å²) in [6.45, 7) is 4.07. The summed E-state index contributed by atoms with van der Waals surface area (Å²) in [5.74, 6) is 0.0195. The molecule has 36 heavy (non-hydrogen) atoms. The van der Waals surface area contributed by atoms with Crippen LogP contribution in [0.1, 0.15) is 32.1 Å². The highest BCUT2D eigenvalue weighted by Crippen LogP contribution is 2.47. The van der Waals surface area contributed by atoms with Crippen LogP contribution in [0.15, 0.2) is 58.3 Å². The number of rotatable bonds is 9. The Labute approximate surface area is 206 Å². The number of nitrogens with one attached hydrogen (secondary N) is 2. The van der Waals surface area contributed by atoms with Crippen LogP contribution in [0.3, 0.4) is 0 Å². The molecule has 2 heterocycles. The third kappa shape index (κ3) is 5.66. The van der Waals surface area contributed by atoms with Crippen LogP contribution < -0.4 is 20.9 Å². The highest BCUT2D eigenvalue weighted by Gasteiger charge is 2.39. The molecule has 12 heteroatoms. The number of aromatic nitrogens is 2. The Hall–Kier alpha value is -3.08. The molecular formula is C24H28N3O8P. The first-order valence-electron chi connectivity index (χ1n) is 11.4. The number of aryl methyl sites for hydroxylation is 1. The molecule has 0 spiro atoms. The van der Waals surface area contributed by atoms with Gasteiger partial charge in [0, 0.05) is 23.6 Å². The number of fused-ring (bicyclic) bond motifs is 1. The van der Waals surface area contributed by atoms with E-state index in [0.29, 0.717) is 16.7 Å². The summed E-state index contributed by atoms with van der Waals surface area (Å²) in [7, 11) is -4.13. The lowest BCUT2D eigenvalue weighted by Crippen LogP contribution is -2.34. The van der Waals surface area contributed by atoms with E-state index >= 15 is 0 Å². The van der Waals surface area contributed by atoms with Crippen LogP contribution in [0.5, 0.6) is 5.75 Å². The first-order valence-corrected chi connectivity index (χ1v) is 13.0. The quantitative estimate of drug-likeness (QED) is 0.364. The van der Waals surface area contributed by atoms with Gasteiger partial charge in [0.25, 0.3) is 5.56 Å². The minimum Gasteiger partial charge on any atom is -0.413 e. The fraction of sp³-hybridized carbons (Fsp3) is 0.375. The van der Waals surface area contributed by atoms with Crippen LogP contribution in [-0.4, -0.2) is 45.3 Å². The molecule has 11 nitrogen and oxygen atoms in total. The zero-order chi connectivity index (χ0) is 26.0. The molecule has 192 valence electrons. The van der Waals surface area contributed by atoms with E-state index in [1.54, 1.807) is 19.1 Å². The Morgan fingerprint density at radius 2 is 2.00 bits per heavy atom. The van der Waals surface area contributed by atoms with Gasteiger partial charge in [0.1, 0.15) is 23.9 Å². The minimum atomic E-state index is -4.13. The van der Waals surface area contributed by atoms with Crippen LogP contribution in [0.25, 0.3) is 10.8 Å². The second-order valence-corrected chi connectivity index (χ2v) is 10.4. The number of Topliss-reactive ketones (excluding diaryl/α,β-unsaturated/α-hetero) is 1. The highest BCUT2D eigenvalue weighted by molar-refractivity contribution is 7.52. The van der Waals surface area contributed by atoms with Crippen LogP contribution in [0.4, 0.5) is 0 Å². The predicted octanol–water partition coefficient (Wildman–Crippen LogP) is 2.42. The lowest BCUT2D eigenvalue weighted by atomic mass is 10.1. The molecule has 1 aliphatic rings. The zero-order valence-corrected chi connectivity index (χ0v) is 20.9. The number of aliphatic hydroxyl groups excluding tert-OH is 1. The number of hydrogen-bond donors (Lipinski definition) is 3. The molecule has 0 bridgehead atoms. The first kappa shape index (κ1) is 26.0. The monoisotopic (exact) mass is 517 g/mol. The number of H-pyrrole nitrogens is 1. The average Bonchev–Trinajstić information content (AvgIpc) is 3.20. The molecule has 0 saturated carbocycles. The molecular weight excluding hydrogens is 489 g/mol. The van der Waals surface area contributed by atoms with Gasteiger partial charge < -0.3 is 14.4 Å². The summed E-state index contributed by atoms with van der Waals surface area (Å²) in [5.41, 5.74) is -0.874. The van der Waals surface area contributed by atoms with Crippen LogP contribution in [0, 0.1) is 6.92 Å². The lowest BCUT2D eigenvalue weighted by Gasteiger charge is -2.25. The van der Waals surface area contributed by atoms with Crippen molar-refractivity contribution in [3.8, 4) is 5.75 Å². The predicted molar refractivity (Wildman–Crippen MR) is 132 cm³/mol. The van der Waals surface area contributed by atoms with Crippen molar-refractivity contribution in [2.24, 2.45) is 0 Å². The average molecular weight is 517 g/mol. The Morgan fingerprint density at radius 3 is 2.75 bits per heavy atom. The summed E-state index contributed by atoms with van der Waals surface area (Å²) in [6, 6.07) is 11.8. The summed E-state index contributed by atoms with van der Waals surface area (Å²) in [5, 5.41) is 14.7. The van der Waals surface area contributed by atoms with E-state index in [2.05, 4.69) is 10.1 Å². The molecule has 0 radical (unpaired) electrons. The van der Waals surface area contributed by atoms with Gasteiger partial charge in [0.15, 0.2) is 0 Å². The standard InChI is InChI=1S/C24H28N3O8P/c1-14-12-27(24(31)25-23(14)30)22-11-19(29)21(34-22)13-33-36(32,26-15(2)16(3)28)35-20-10-6-8-17-7-4-5-9-18(17)20/h4-10,12,15,19,21-22,29H,11,13H2,1-3H3,(H,26,32)(H,25,30,31)/t15-,19+,21+,22+,36?/m0/s1. The maximum atomic E-state index is 13.8. The molecule has 1 aliphatic heterocycles. The number of benzene rings is 2. The molecule has 1 unspecified atom stereocenters. The van der Waals surface area contributed by atoms with Crippen molar-refractivity contribution >= 4 is 24.3 Å². The van der Waals surface area contributed by atoms with E-state index in [4.69, 9.17) is 13.8 Å². The molecule has 1 fully saturated rings. The van der Waals surface area contributed by atoms with Gasteiger partial charge in [-0.3, -0.25) is 23.7 Å². The Bertz CT molecular complexity index is 1430. The maximum absolute atomic E-state index is 13.8. The van der Waals surface area contributed by atoms with Crippen molar-refractivity contribution < 1.29 is 28.3 Å². The van der Waals surface area contributed by atoms with Gasteiger partial charge >= 0.3 is 13.4 Å². The SMILES string of the molecule is CC(=O)[C@H](C)NP(=O)(OC[C@H]1O[C@@H](n2cc(C)c(=O)[nH]c2=O)C[C@H]1O)Oc1cccc2ccccc12. The fourth-order valence-corrected chi connectivity index (χ4v) is 5.43. The molecule has 3 aromatic rings. The number of nitrogens with zero attached hydrogens (tertiary/aromatic N) is 1. The van der Waals surface area contributed by atoms with Crippen LogP contribution in [-0.2, 0) is 18.6 Å². The number of ketones is 1. The fourth-order valence-electron chi connectivity index (χ4n) is 3.83. The van der Waals surface area contributed by atoms with E-state index in [0.717, 1.165) is 5.39 Å². The van der Waals surface area contributed by atoms with Gasteiger partial charge in [-0.05, 0) is 32.2 Å². The molecule has 3 N–H and O–H groups in total. The Morgan fingerprint density at radius 1 is 1.28 bits per heavy atom. The van der Waals surface area contributed by atoms with Gasteiger partial charge in [-0.1, -0.05) is 36.4 Å². The number of carbonyl (C=O) groups is 1. The second-order valence-electron chi connectivity index (χ2n) is 8.73. The lowest BCUT2D eigenvalue weighted by molar-refractivity contribution is -0.118. The van der Waals surface area contributed by atoms with Crippen molar-refractivity contribution in [3.63, 3.8) is 0 Å². The summed E-state index contributed by atoms with van der Waals surface area (Å²) in [4.78, 5) is 37.9. The number of hydrogen-bond acceptors (Lipinski definition) is 8. The Balaban J connectivity index is 1.54. The van der Waals surface area contributed by atoms with Crippen molar-refractivity contribution in [2.45, 2.75) is 51.7 Å². The smallest absolute Gasteiger partial charge is 0.413 e. The van der Waals surface area contributed by atoms with E-state index in [-0.39, 0.29) is 18.8 Å². The minimum absolute atomic E-state index is 0.0468. The van der Waals surface area contributed by atoms with Crippen molar-refractivity contribution in [2.75, 3.05) is 6.61 Å². The summed E-state index contributed by atoms with van der Waals surface area (Å²) < 4.78 is 32.2. The largest absolute Gasteiger partial charge is 0.459 e. The maximum Gasteiger partial charge on any atom is 0.459 e. The molecule has 0 aliphatic carbocycles. The topological polar surface area (TPSA) is 149 Å². The molecule has 1 aromatic heterocycles. The van der Waals surface area contributed by atoms with Gasteiger partial charge in [-0.25, -0.2) is 14.4 Å². The number of aliphatic hydroxyl groups is 1. The third-order valence-corrected chi connectivity index (χ3v) is 7.63. The van der Waals surface area contributed by atoms with Gasteiger partial charge in [-0.2, -0.15) is 0 Å². The molecule has 5 atom stereocenters. The van der Waals surface area contributed by atoms with Gasteiger partial charge in [-0.15, -0.1) is 0 Å². The van der Waals surface area contributed by atoms with Crippen LogP contribution in [0.2, 0.25) is 0 Å². The van der Waals surface area contributed by atoms with E-state index < -0.39 is 43.5 Å². The van der Waals surface area contributed by atoms with Crippen molar-refractivity contribution in [1.29, 1.82) is 0 Å². The van der Waals surface area contributed by atoms with E-state index in [1.165, 1.54) is 24.6 Å². The number of ether oxygens (including phenoxy) is 1. The van der Waals surface area contributed by atoms with Crippen molar-refractivity contribution in [3.05, 3.63) is 75.1 Å². The summed E-state index contributed by atoms with van der Waals surface area (Å²) >= 11 is 0. The highest BCUT2D eigenvalue weighted by atomic mass is 31.2. The molecule has 2 aromatic carbocycles. The molecule has 1 saturated heterocycles. The van der Waals surface area contributed by atoms with Crippen molar-refractivity contribution in [1.82, 2.24) is 14.6 Å². The molecule has 0 amide bonds. The Kier molecular flexibility index (Phi) is 7.58. The third-order valence-electron chi connectivity index (χ3n) is 6.00. The normalized spacial score (nSPS) is 22.3. The zero-order valence-electron chi connectivity index (χ0n) is 20.0. The summed E-state index contributed by atoms with van der Waals surface area (Å²) in [6.07, 6.45) is -1.46. The number of aromatic amines is 1. The van der Waals surface area contributed by atoms with Gasteiger partial charge in [0.05, 0.1) is 18.8 Å². The number of carbonyl (C=O) groups excluding carboxylic acids is 1. The van der Waals surface area contributed by atoms with Gasteiger partial charge in [0.2, 0.25) is 0 Å². The molecule has 4 rings (SSSR count). The van der Waals surface area contributed by atoms with Crippen LogP contribution >= 0.6 is 7.75 Å². The van der Waals surface area contributed by atoms with E-state index in [9.17, 15) is 24.1 Å². The van der Waals surface area contributed by atoms with E-state index in [1.807, 2.05) is 30.3 Å².